The summed E-state index contributed by atoms with van der Waals surface area (Å²) in [5.41, 5.74) is 0.431. The van der Waals surface area contributed by atoms with Gasteiger partial charge in [-0.1, -0.05) is 12.1 Å². The normalized spacial score (nSPS) is 9.23. The van der Waals surface area contributed by atoms with Gasteiger partial charge in [-0.2, -0.15) is 0 Å². The third kappa shape index (κ3) is 2.94. The van der Waals surface area contributed by atoms with Gasteiger partial charge in [0.25, 0.3) is 5.91 Å². The van der Waals surface area contributed by atoms with Gasteiger partial charge in [-0.25, -0.2) is 0 Å². The molecule has 1 aromatic carbocycles. The van der Waals surface area contributed by atoms with Crippen molar-refractivity contribution in [2.45, 2.75) is 0 Å². The Balaban J connectivity index is 2.54. The minimum atomic E-state index is -1.06. The number of hydrogen-bond acceptors (Lipinski definition) is 2. The molecule has 0 fully saturated rings. The molecule has 0 aliphatic rings. The fourth-order valence-corrected chi connectivity index (χ4v) is 0.796. The molecule has 1 radical (unpaired) electrons. The van der Waals surface area contributed by atoms with Crippen LogP contribution in [-0.2, 0) is 4.79 Å². The van der Waals surface area contributed by atoms with Crippen LogP contribution in [0.5, 0.6) is 0 Å². The summed E-state index contributed by atoms with van der Waals surface area (Å²) in [6, 6.07) is 9.08. The standard InChI is InChI=1S/C9H8NO3/c11-8(12)6-10-9(13)7-4-2-1-3-5-7/h2-5H,6H2,(H,10,13)(H,11,12). The van der Waals surface area contributed by atoms with E-state index in [1.165, 1.54) is 0 Å². The molecule has 0 saturated heterocycles. The zero-order chi connectivity index (χ0) is 9.68. The fourth-order valence-electron chi connectivity index (χ4n) is 0.796. The Morgan fingerprint density at radius 1 is 1.38 bits per heavy atom. The molecular formula is C9H8NO3. The second-order valence-electron chi connectivity index (χ2n) is 2.37. The number of amides is 1. The van der Waals surface area contributed by atoms with E-state index < -0.39 is 11.9 Å². The predicted octanol–water partition coefficient (Wildman–Crippen LogP) is 0.301. The van der Waals surface area contributed by atoms with Crippen LogP contribution in [0.25, 0.3) is 0 Å². The molecule has 0 bridgehead atoms. The quantitative estimate of drug-likeness (QED) is 0.699. The van der Waals surface area contributed by atoms with Crippen molar-refractivity contribution in [2.75, 3.05) is 6.54 Å². The van der Waals surface area contributed by atoms with Crippen LogP contribution in [0.1, 0.15) is 10.4 Å². The Morgan fingerprint density at radius 3 is 2.54 bits per heavy atom. The molecule has 2 N–H and O–H groups in total. The molecule has 67 valence electrons. The number of carbonyl (C=O) groups excluding carboxylic acids is 1. The topological polar surface area (TPSA) is 66.4 Å². The van der Waals surface area contributed by atoms with Gasteiger partial charge < -0.3 is 10.4 Å². The van der Waals surface area contributed by atoms with Gasteiger partial charge in [-0.05, 0) is 18.2 Å². The molecule has 0 unspecified atom stereocenters. The number of benzene rings is 1. The summed E-state index contributed by atoms with van der Waals surface area (Å²) in [5, 5.41) is 10.5. The van der Waals surface area contributed by atoms with Crippen molar-refractivity contribution >= 4 is 11.9 Å². The molecule has 1 aromatic rings. The number of hydrogen-bond donors (Lipinski definition) is 2. The molecule has 0 spiro atoms. The van der Waals surface area contributed by atoms with Crippen molar-refractivity contribution in [2.24, 2.45) is 0 Å². The number of carboxylic acids is 1. The molecule has 0 aliphatic heterocycles. The predicted molar refractivity (Wildman–Crippen MR) is 45.2 cm³/mol. The first-order chi connectivity index (χ1) is 6.20. The lowest BCUT2D eigenvalue weighted by molar-refractivity contribution is -0.135. The first kappa shape index (κ1) is 9.25. The molecule has 0 saturated carbocycles. The zero-order valence-corrected chi connectivity index (χ0v) is 6.78. The number of nitrogens with one attached hydrogen (secondary N) is 1. The van der Waals surface area contributed by atoms with E-state index in [0.717, 1.165) is 0 Å². The molecule has 0 aliphatic carbocycles. The van der Waals surface area contributed by atoms with Gasteiger partial charge >= 0.3 is 5.97 Å². The highest BCUT2D eigenvalue weighted by molar-refractivity contribution is 5.95. The highest BCUT2D eigenvalue weighted by Crippen LogP contribution is 1.96. The molecule has 4 heteroatoms. The van der Waals surface area contributed by atoms with E-state index in [2.05, 4.69) is 11.4 Å². The number of rotatable bonds is 3. The van der Waals surface area contributed by atoms with Gasteiger partial charge in [0.05, 0.1) is 0 Å². The van der Waals surface area contributed by atoms with Crippen molar-refractivity contribution in [3.05, 3.63) is 35.9 Å². The lowest BCUT2D eigenvalue weighted by atomic mass is 10.2. The molecule has 0 heterocycles. The summed E-state index contributed by atoms with van der Waals surface area (Å²) in [6.07, 6.45) is 0. The van der Waals surface area contributed by atoms with E-state index in [4.69, 9.17) is 5.11 Å². The Labute approximate surface area is 75.2 Å². The van der Waals surface area contributed by atoms with E-state index in [0.29, 0.717) is 5.56 Å². The van der Waals surface area contributed by atoms with Crippen LogP contribution in [0.15, 0.2) is 24.3 Å². The number of carbonyl (C=O) groups is 2. The molecular weight excluding hydrogens is 170 g/mol. The molecule has 13 heavy (non-hydrogen) atoms. The van der Waals surface area contributed by atoms with E-state index in [1.54, 1.807) is 24.3 Å². The first-order valence-electron chi connectivity index (χ1n) is 3.66. The van der Waals surface area contributed by atoms with Gasteiger partial charge in [0.2, 0.25) is 0 Å². The Morgan fingerprint density at radius 2 is 2.00 bits per heavy atom. The second-order valence-corrected chi connectivity index (χ2v) is 2.37. The summed E-state index contributed by atoms with van der Waals surface area (Å²) in [5.74, 6) is -1.45. The Kier molecular flexibility index (Phi) is 3.03. The van der Waals surface area contributed by atoms with Crippen molar-refractivity contribution in [1.82, 2.24) is 5.32 Å². The van der Waals surface area contributed by atoms with Crippen molar-refractivity contribution < 1.29 is 14.7 Å². The van der Waals surface area contributed by atoms with Gasteiger partial charge in [0.15, 0.2) is 0 Å². The lowest BCUT2D eigenvalue weighted by Gasteiger charge is -2.00. The lowest BCUT2D eigenvalue weighted by Crippen LogP contribution is -2.29. The Bertz CT molecular complexity index is 308. The van der Waals surface area contributed by atoms with Gasteiger partial charge in [-0.15, -0.1) is 0 Å². The second kappa shape index (κ2) is 4.25. The maximum absolute atomic E-state index is 11.2. The maximum Gasteiger partial charge on any atom is 0.322 e. The average Bonchev–Trinajstić information content (AvgIpc) is 2.15. The summed E-state index contributed by atoms with van der Waals surface area (Å²) in [4.78, 5) is 21.3. The Hall–Kier alpha value is -1.84. The van der Waals surface area contributed by atoms with Crippen LogP contribution < -0.4 is 5.32 Å². The molecule has 1 rings (SSSR count). The highest BCUT2D eigenvalue weighted by Gasteiger charge is 2.04. The van der Waals surface area contributed by atoms with Crippen LogP contribution in [0.4, 0.5) is 0 Å². The van der Waals surface area contributed by atoms with E-state index in [-0.39, 0.29) is 6.54 Å². The van der Waals surface area contributed by atoms with Gasteiger partial charge in [0, 0.05) is 5.56 Å². The number of carboxylic acid groups (broad SMARTS) is 1. The fraction of sp³-hybridized carbons (Fsp3) is 0.111. The first-order valence-corrected chi connectivity index (χ1v) is 3.66. The summed E-state index contributed by atoms with van der Waals surface area (Å²) < 4.78 is 0. The van der Waals surface area contributed by atoms with Crippen LogP contribution in [0, 0.1) is 6.07 Å². The minimum Gasteiger partial charge on any atom is -0.480 e. The molecule has 4 nitrogen and oxygen atoms in total. The van der Waals surface area contributed by atoms with Crippen molar-refractivity contribution in [3.8, 4) is 0 Å². The third-order valence-corrected chi connectivity index (χ3v) is 1.38. The average molecular weight is 178 g/mol. The number of aliphatic carboxylic acids is 1. The minimum absolute atomic E-state index is 0.364. The molecule has 1 amide bonds. The summed E-state index contributed by atoms with van der Waals surface area (Å²) in [7, 11) is 0. The van der Waals surface area contributed by atoms with Crippen LogP contribution in [0.2, 0.25) is 0 Å². The largest absolute Gasteiger partial charge is 0.480 e. The van der Waals surface area contributed by atoms with E-state index in [1.807, 2.05) is 0 Å². The monoisotopic (exact) mass is 178 g/mol. The smallest absolute Gasteiger partial charge is 0.322 e. The molecule has 0 atom stereocenters. The molecule has 0 aromatic heterocycles. The van der Waals surface area contributed by atoms with Gasteiger partial charge in [0.1, 0.15) is 6.54 Å². The summed E-state index contributed by atoms with van der Waals surface area (Å²) in [6.45, 7) is -0.364. The maximum atomic E-state index is 11.2. The highest BCUT2D eigenvalue weighted by atomic mass is 16.4. The zero-order valence-electron chi connectivity index (χ0n) is 6.78. The van der Waals surface area contributed by atoms with Crippen LogP contribution >= 0.6 is 0 Å². The SMILES string of the molecule is O=C(O)CNC(=O)c1cc[c]cc1. The summed E-state index contributed by atoms with van der Waals surface area (Å²) >= 11 is 0. The van der Waals surface area contributed by atoms with Gasteiger partial charge in [-0.3, -0.25) is 9.59 Å². The van der Waals surface area contributed by atoms with Crippen LogP contribution in [-0.4, -0.2) is 23.5 Å². The third-order valence-electron chi connectivity index (χ3n) is 1.38. The van der Waals surface area contributed by atoms with E-state index >= 15 is 0 Å². The van der Waals surface area contributed by atoms with Crippen molar-refractivity contribution in [3.63, 3.8) is 0 Å². The van der Waals surface area contributed by atoms with E-state index in [9.17, 15) is 9.59 Å². The van der Waals surface area contributed by atoms with Crippen LogP contribution in [0.3, 0.4) is 0 Å². The van der Waals surface area contributed by atoms with Crippen molar-refractivity contribution in [1.29, 1.82) is 0 Å².